The fourth-order valence-electron chi connectivity index (χ4n) is 3.53. The Bertz CT molecular complexity index is 1400. The summed E-state index contributed by atoms with van der Waals surface area (Å²) in [6.07, 6.45) is 1.87. The van der Waals surface area contributed by atoms with E-state index in [0.717, 1.165) is 5.56 Å². The Morgan fingerprint density at radius 3 is 2.58 bits per heavy atom. The van der Waals surface area contributed by atoms with Crippen LogP contribution in [-0.4, -0.2) is 56.8 Å². The fraction of sp³-hybridized carbons (Fsp3) is 0.375. The van der Waals surface area contributed by atoms with Gasteiger partial charge in [0.05, 0.1) is 26.1 Å². The van der Waals surface area contributed by atoms with Crippen LogP contribution in [0.5, 0.6) is 0 Å². The minimum atomic E-state index is -3.92. The number of aromatic nitrogens is 4. The predicted octanol–water partition coefficient (Wildman–Crippen LogP) is 2.42. The molecule has 0 amide bonds. The van der Waals surface area contributed by atoms with Gasteiger partial charge in [-0.3, -0.25) is 23.7 Å². The molecule has 0 saturated heterocycles. The predicted molar refractivity (Wildman–Crippen MR) is 141 cm³/mol. The van der Waals surface area contributed by atoms with E-state index in [0.29, 0.717) is 11.2 Å². The number of nitrogens with two attached hydrogens (primary N) is 1. The summed E-state index contributed by atoms with van der Waals surface area (Å²) in [5.74, 6) is -0.0684. The maximum Gasteiger partial charge on any atom is 0.335 e. The van der Waals surface area contributed by atoms with Gasteiger partial charge in [0.2, 0.25) is 5.95 Å². The average Bonchev–Trinajstić information content (AvgIpc) is 3.26. The monoisotopic (exact) mass is 546 g/mol. The largest absolute Gasteiger partial charge is 0.465 e. The number of rotatable bonds is 12. The Labute approximate surface area is 218 Å². The zero-order valence-corrected chi connectivity index (χ0v) is 22.4. The third-order valence-corrected chi connectivity index (χ3v) is 7.20. The molecule has 4 N–H and O–H groups in total. The van der Waals surface area contributed by atoms with Crippen LogP contribution in [0.15, 0.2) is 41.2 Å². The van der Waals surface area contributed by atoms with Crippen molar-refractivity contribution in [3.63, 3.8) is 0 Å². The highest BCUT2D eigenvalue weighted by Gasteiger charge is 2.31. The number of benzene rings is 1. The Kier molecular flexibility index (Phi) is 9.56. The molecule has 14 heteroatoms. The molecule has 3 atom stereocenters. The van der Waals surface area contributed by atoms with Crippen molar-refractivity contribution in [1.29, 1.82) is 0 Å². The molecule has 13 nitrogen and oxygen atoms in total. The van der Waals surface area contributed by atoms with Crippen molar-refractivity contribution >= 4 is 42.6 Å². The highest BCUT2D eigenvalue weighted by Crippen LogP contribution is 2.47. The molecule has 0 aliphatic heterocycles. The van der Waals surface area contributed by atoms with E-state index in [-0.39, 0.29) is 31.2 Å². The van der Waals surface area contributed by atoms with Crippen molar-refractivity contribution in [2.75, 3.05) is 18.9 Å². The number of esters is 2. The number of H-pyrrole nitrogens is 1. The molecule has 0 aliphatic carbocycles. The zero-order chi connectivity index (χ0) is 27.9. The summed E-state index contributed by atoms with van der Waals surface area (Å²) >= 11 is 0. The van der Waals surface area contributed by atoms with E-state index in [2.05, 4.69) is 20.0 Å². The second kappa shape index (κ2) is 12.6. The van der Waals surface area contributed by atoms with Crippen molar-refractivity contribution < 1.29 is 28.2 Å². The van der Waals surface area contributed by atoms with Crippen LogP contribution in [0.3, 0.4) is 0 Å². The first-order chi connectivity index (χ1) is 18.1. The van der Waals surface area contributed by atoms with Crippen LogP contribution in [0.25, 0.3) is 17.2 Å². The van der Waals surface area contributed by atoms with Gasteiger partial charge in [-0.1, -0.05) is 24.3 Å². The van der Waals surface area contributed by atoms with Gasteiger partial charge in [0, 0.05) is 5.82 Å². The van der Waals surface area contributed by atoms with Gasteiger partial charge in [-0.05, 0) is 44.9 Å². The first-order valence-corrected chi connectivity index (χ1v) is 13.6. The van der Waals surface area contributed by atoms with E-state index in [1.807, 2.05) is 12.1 Å². The molecular weight excluding hydrogens is 515 g/mol. The summed E-state index contributed by atoms with van der Waals surface area (Å²) in [6, 6.07) is 6.25. The molecule has 3 aromatic rings. The van der Waals surface area contributed by atoms with Crippen LogP contribution in [0, 0.1) is 0 Å². The van der Waals surface area contributed by atoms with Gasteiger partial charge in [-0.25, -0.2) is 14.9 Å². The number of nitrogen functional groups attached to an aromatic ring is 1. The van der Waals surface area contributed by atoms with Crippen LogP contribution in [-0.2, 0) is 34.7 Å². The molecule has 1 aromatic carbocycles. The molecule has 0 radical (unpaired) electrons. The molecule has 0 bridgehead atoms. The minimum Gasteiger partial charge on any atom is -0.465 e. The Morgan fingerprint density at radius 2 is 1.87 bits per heavy atom. The summed E-state index contributed by atoms with van der Waals surface area (Å²) in [5, 5.41) is 2.66. The zero-order valence-electron chi connectivity index (χ0n) is 21.5. The highest BCUT2D eigenvalue weighted by atomic mass is 31.2. The first kappa shape index (κ1) is 28.8. The Morgan fingerprint density at radius 1 is 1.18 bits per heavy atom. The van der Waals surface area contributed by atoms with E-state index < -0.39 is 37.2 Å². The lowest BCUT2D eigenvalue weighted by Gasteiger charge is -2.23. The number of nitrogens with one attached hydrogen (secondary N) is 2. The van der Waals surface area contributed by atoms with E-state index in [4.69, 9.17) is 19.7 Å². The van der Waals surface area contributed by atoms with Gasteiger partial charge in [-0.2, -0.15) is 4.98 Å². The molecule has 0 saturated carbocycles. The molecule has 0 fully saturated rings. The highest BCUT2D eigenvalue weighted by molar-refractivity contribution is 7.60. The number of aromatic amines is 1. The van der Waals surface area contributed by atoms with Crippen molar-refractivity contribution in [3.05, 3.63) is 57.9 Å². The lowest BCUT2D eigenvalue weighted by Crippen LogP contribution is -2.35. The summed E-state index contributed by atoms with van der Waals surface area (Å²) in [7, 11) is -3.92. The van der Waals surface area contributed by atoms with Gasteiger partial charge >= 0.3 is 11.9 Å². The van der Waals surface area contributed by atoms with E-state index in [1.54, 1.807) is 36.6 Å². The number of hydrogen-bond donors (Lipinski definition) is 3. The van der Waals surface area contributed by atoms with Crippen LogP contribution in [0.1, 0.15) is 38.8 Å². The van der Waals surface area contributed by atoms with Crippen molar-refractivity contribution in [3.8, 4) is 0 Å². The number of nitrogens with zero attached hydrogens (tertiary/aromatic N) is 3. The summed E-state index contributed by atoms with van der Waals surface area (Å²) in [5.41, 5.74) is 7.13. The number of ether oxygens (including phenoxy) is 2. The third-order valence-electron chi connectivity index (χ3n) is 5.29. The van der Waals surface area contributed by atoms with Gasteiger partial charge in [0.15, 0.2) is 17.3 Å². The van der Waals surface area contributed by atoms with Gasteiger partial charge in [0.25, 0.3) is 13.1 Å². The lowest BCUT2D eigenvalue weighted by atomic mass is 10.1. The van der Waals surface area contributed by atoms with Gasteiger partial charge in [-0.15, -0.1) is 0 Å². The molecule has 1 unspecified atom stereocenters. The Hall–Kier alpha value is -3.80. The number of hydrogen-bond acceptors (Lipinski definition) is 10. The quantitative estimate of drug-likeness (QED) is 0.224. The number of carbonyl (C=O) groups excluding carboxylic acids is 2. The van der Waals surface area contributed by atoms with Crippen molar-refractivity contribution in [1.82, 2.24) is 24.6 Å². The van der Waals surface area contributed by atoms with Gasteiger partial charge < -0.3 is 19.8 Å². The molecule has 38 heavy (non-hydrogen) atoms. The minimum absolute atomic E-state index is 0.0342. The summed E-state index contributed by atoms with van der Waals surface area (Å²) in [4.78, 5) is 47.1. The maximum atomic E-state index is 13.8. The summed E-state index contributed by atoms with van der Waals surface area (Å²) in [6.45, 7) is 6.73. The smallest absolute Gasteiger partial charge is 0.335 e. The normalized spacial score (nSPS) is 14.7. The van der Waals surface area contributed by atoms with Crippen LogP contribution >= 0.6 is 7.52 Å². The first-order valence-electron chi connectivity index (χ1n) is 11.9. The van der Waals surface area contributed by atoms with Crippen molar-refractivity contribution in [2.45, 2.75) is 46.4 Å². The molecular formula is C24H31N6O7P. The van der Waals surface area contributed by atoms with Crippen LogP contribution in [0.4, 0.5) is 5.95 Å². The van der Waals surface area contributed by atoms with Crippen LogP contribution in [0.2, 0.25) is 0 Å². The molecule has 0 spiro atoms. The molecule has 2 aromatic heterocycles. The third kappa shape index (κ3) is 7.15. The van der Waals surface area contributed by atoms with E-state index in [9.17, 15) is 18.9 Å². The standard InChI is InChI=1S/C24H31N6O7P/c1-5-35-22(32)15(3)29-38(34,37-16(4)23(33)36-6-2)12-11-17-9-7-8-10-18(17)13-30-14-26-19-20(30)27-24(25)28-21(19)31/h7-12,14-16H,5-6,13H2,1-4H3,(H,29,34)(H3,25,27,28,31)/b12-11+/t15-,16-,38?/m0/s1. The molecule has 204 valence electrons. The van der Waals surface area contributed by atoms with Crippen molar-refractivity contribution in [2.24, 2.45) is 0 Å². The van der Waals surface area contributed by atoms with Crippen LogP contribution < -0.4 is 16.4 Å². The van der Waals surface area contributed by atoms with E-state index >= 15 is 0 Å². The average molecular weight is 547 g/mol. The molecule has 0 aliphatic rings. The fourth-order valence-corrected chi connectivity index (χ4v) is 5.30. The SMILES string of the molecule is CCOC(=O)[C@H](C)NP(=O)(/C=C/c1ccccc1Cn1cnc2c(=O)[nH]c(N)nc21)O[C@@H](C)C(=O)OCC. The van der Waals surface area contributed by atoms with Gasteiger partial charge in [0.1, 0.15) is 6.04 Å². The number of imidazole rings is 1. The maximum absolute atomic E-state index is 13.8. The number of fused-ring (bicyclic) bond motifs is 1. The number of carbonyl (C=O) groups is 2. The van der Waals surface area contributed by atoms with E-state index in [1.165, 1.54) is 26.0 Å². The lowest BCUT2D eigenvalue weighted by molar-refractivity contribution is -0.150. The molecule has 2 heterocycles. The second-order valence-corrected chi connectivity index (χ2v) is 10.2. The topological polar surface area (TPSA) is 181 Å². The number of anilines is 1. The second-order valence-electron chi connectivity index (χ2n) is 8.21. The summed E-state index contributed by atoms with van der Waals surface area (Å²) < 4.78 is 31.0. The molecule has 3 rings (SSSR count). The Balaban J connectivity index is 1.93.